The zero-order chi connectivity index (χ0) is 53.4. The number of aliphatic hydroxyl groups excluding tert-OH is 5. The van der Waals surface area contributed by atoms with Crippen molar-refractivity contribution in [2.75, 3.05) is 32.5 Å². The van der Waals surface area contributed by atoms with Crippen LogP contribution in [0.2, 0.25) is 0 Å². The van der Waals surface area contributed by atoms with Gasteiger partial charge in [0.05, 0.1) is 30.2 Å². The molecule has 12 rings (SSSR count). The third-order valence-corrected chi connectivity index (χ3v) is 26.9. The van der Waals surface area contributed by atoms with Crippen LogP contribution in [-0.2, 0) is 4.79 Å². The second kappa shape index (κ2) is 20.0. The molecule has 7 saturated carbocycles. The molecule has 8 fully saturated rings. The number of nitrogens with two attached hydrogens (primary N) is 1. The van der Waals surface area contributed by atoms with E-state index in [0.717, 1.165) is 49.3 Å². The number of hydrogen-bond acceptors (Lipinski definition) is 12. The molecule has 10 N–H and O–H groups in total. The van der Waals surface area contributed by atoms with E-state index in [1.165, 1.54) is 44.9 Å². The SMILES string of the molecule is CNCC1C(O)C(O)CC2(C)C3C(=CC(=O)C12)C1(O)C2CC(C4CC5CCCC6=C5C(C(=C5CC7CCC8CCCC8(C7)C65)C(C)(C)CC(n5ccnc5)CSSC2CCCO)C4O)C1(C)CC3CN=C(N)NC(C)O. The van der Waals surface area contributed by atoms with Crippen LogP contribution in [0.3, 0.4) is 0 Å². The number of carbonyl (C=O) groups excluding carboxylic acids is 1. The van der Waals surface area contributed by atoms with Crippen LogP contribution in [0.1, 0.15) is 150 Å². The Morgan fingerprint density at radius 2 is 1.82 bits per heavy atom. The van der Waals surface area contributed by atoms with Crippen LogP contribution in [0.15, 0.2) is 57.7 Å². The molecule has 22 atom stereocenters. The van der Waals surface area contributed by atoms with Crippen LogP contribution < -0.4 is 16.4 Å². The lowest BCUT2D eigenvalue weighted by Crippen LogP contribution is -2.68. The summed E-state index contributed by atoms with van der Waals surface area (Å²) >= 11 is 0. The molecular formula is C61H92N6O7S2. The number of imidazole rings is 1. The van der Waals surface area contributed by atoms with Crippen molar-refractivity contribution in [1.29, 1.82) is 0 Å². The number of aliphatic imine (C=N–C) groups is 1. The van der Waals surface area contributed by atoms with Gasteiger partial charge < -0.3 is 51.6 Å². The molecule has 2 heterocycles. The average molecular weight is 1090 g/mol. The fourth-order valence-electron chi connectivity index (χ4n) is 21.7. The molecule has 10 aliphatic carbocycles. The van der Waals surface area contributed by atoms with Gasteiger partial charge in [-0.2, -0.15) is 0 Å². The van der Waals surface area contributed by atoms with Crippen molar-refractivity contribution in [1.82, 2.24) is 20.2 Å². The maximum Gasteiger partial charge on any atom is 0.190 e. The highest BCUT2D eigenvalue weighted by Crippen LogP contribution is 2.76. The Balaban J connectivity index is 1.07. The standard InChI is InChI=1S/C61H92N6O7S2/c1-32(69)66-56(62)65-28-35-25-59(5)42-22-43(61(59,74)44-23-45(70)52-41(29-63-6)54(72)46(71)27-58(52,4)50(35)44)47(13-9-19-68)76-75-30-37(67-18-17-64-31-67)26-57(2,3)53-40-20-33-14-15-36-11-8-16-60(36,24-33)51(40)38-12-7-10-34-21-39(42)55(73)49(53)48(34)38/h17-18,23,31-37,39,41-43,46-47,49-52,54-55,63,68-69,71-74H,7-16,19-22,24-30H2,1-6H3,(H3,62,65,66). The van der Waals surface area contributed by atoms with Crippen LogP contribution in [0.25, 0.3) is 0 Å². The second-order valence-corrected chi connectivity index (χ2v) is 30.8. The second-order valence-electron chi connectivity index (χ2n) is 28.1. The van der Waals surface area contributed by atoms with Crippen molar-refractivity contribution >= 4 is 33.3 Å². The van der Waals surface area contributed by atoms with Crippen LogP contribution in [0, 0.1) is 92.7 Å². The van der Waals surface area contributed by atoms with Gasteiger partial charge in [0.15, 0.2) is 11.7 Å². The fourth-order valence-corrected chi connectivity index (χ4v) is 25.1. The van der Waals surface area contributed by atoms with Crippen LogP contribution in [0.4, 0.5) is 0 Å². The minimum atomic E-state index is -1.50. The molecule has 1 aromatic heterocycles. The van der Waals surface area contributed by atoms with Gasteiger partial charge in [-0.05, 0) is 186 Å². The topological polar surface area (TPSA) is 219 Å². The van der Waals surface area contributed by atoms with Gasteiger partial charge in [0, 0.05) is 84.1 Å². The Kier molecular flexibility index (Phi) is 14.3. The number of nitrogens with zero attached hydrogens (tertiary/aromatic N) is 3. The van der Waals surface area contributed by atoms with Crippen LogP contribution in [0.5, 0.6) is 0 Å². The van der Waals surface area contributed by atoms with Crippen molar-refractivity contribution in [2.24, 2.45) is 103 Å². The number of rotatable bonds is 9. The van der Waals surface area contributed by atoms with E-state index in [1.807, 2.05) is 41.2 Å². The molecule has 1 aromatic rings. The molecule has 0 amide bonds. The molecule has 420 valence electrons. The Labute approximate surface area is 460 Å². The van der Waals surface area contributed by atoms with Gasteiger partial charge in [-0.25, -0.2) is 4.98 Å². The summed E-state index contributed by atoms with van der Waals surface area (Å²) in [5.74, 6) is 0.584. The molecule has 15 heteroatoms. The van der Waals surface area contributed by atoms with E-state index in [0.29, 0.717) is 55.4 Å². The van der Waals surface area contributed by atoms with E-state index >= 15 is 9.90 Å². The van der Waals surface area contributed by atoms with Gasteiger partial charge in [0.25, 0.3) is 0 Å². The monoisotopic (exact) mass is 1080 g/mol. The maximum absolute atomic E-state index is 15.4. The highest BCUT2D eigenvalue weighted by atomic mass is 33.1. The lowest BCUT2D eigenvalue weighted by atomic mass is 9.40. The zero-order valence-electron chi connectivity index (χ0n) is 46.4. The fraction of sp³-hybridized carbons (Fsp3) is 0.820. The third-order valence-electron chi connectivity index (χ3n) is 23.9. The first-order valence-electron chi connectivity index (χ1n) is 30.1. The third kappa shape index (κ3) is 8.17. The number of carbonyl (C=O) groups is 1. The summed E-state index contributed by atoms with van der Waals surface area (Å²) in [6, 6.07) is 0.118. The minimum absolute atomic E-state index is 0.0293. The molecule has 11 aliphatic rings. The largest absolute Gasteiger partial charge is 0.396 e. The van der Waals surface area contributed by atoms with E-state index < -0.39 is 58.7 Å². The molecule has 76 heavy (non-hydrogen) atoms. The normalized spacial score (nSPS) is 47.9. The van der Waals surface area contributed by atoms with E-state index in [1.54, 1.807) is 35.3 Å². The molecule has 1 aliphatic heterocycles. The molecule has 0 aromatic carbocycles. The van der Waals surface area contributed by atoms with Gasteiger partial charge in [-0.15, -0.1) is 0 Å². The first kappa shape index (κ1) is 54.4. The number of allylic oxidation sites excluding steroid dienone is 3. The smallest absolute Gasteiger partial charge is 0.190 e. The molecular weight excluding hydrogens is 993 g/mol. The number of hydrogen-bond donors (Lipinski definition) is 9. The average Bonchev–Trinajstić information content (AvgIpc) is 4.23. The highest BCUT2D eigenvalue weighted by molar-refractivity contribution is 8.76. The summed E-state index contributed by atoms with van der Waals surface area (Å²) < 4.78 is 2.32. The van der Waals surface area contributed by atoms with Crippen molar-refractivity contribution in [2.45, 2.75) is 185 Å². The Morgan fingerprint density at radius 3 is 2.57 bits per heavy atom. The van der Waals surface area contributed by atoms with E-state index in [-0.39, 0.29) is 77.6 Å². The Bertz CT molecular complexity index is 2520. The van der Waals surface area contributed by atoms with Gasteiger partial charge in [0.2, 0.25) is 0 Å². The van der Waals surface area contributed by atoms with E-state index in [2.05, 4.69) is 54.1 Å². The lowest BCUT2D eigenvalue weighted by molar-refractivity contribution is -0.184. The van der Waals surface area contributed by atoms with Crippen LogP contribution >= 0.6 is 21.6 Å². The minimum Gasteiger partial charge on any atom is -0.396 e. The van der Waals surface area contributed by atoms with E-state index in [9.17, 15) is 25.5 Å². The summed E-state index contributed by atoms with van der Waals surface area (Å²) in [5.41, 5.74) is 10.7. The van der Waals surface area contributed by atoms with Gasteiger partial charge in [-0.1, -0.05) is 78.0 Å². The number of fused-ring (bicyclic) bond motifs is 14. The summed E-state index contributed by atoms with van der Waals surface area (Å²) in [5, 5.41) is 79.9. The van der Waals surface area contributed by atoms with Crippen molar-refractivity contribution in [3.05, 3.63) is 52.7 Å². The number of nitrogens with one attached hydrogen (secondary N) is 2. The number of aromatic nitrogens is 2. The zero-order valence-corrected chi connectivity index (χ0v) is 48.0. The lowest BCUT2D eigenvalue weighted by Gasteiger charge is -2.65. The Morgan fingerprint density at radius 1 is 1.00 bits per heavy atom. The summed E-state index contributed by atoms with van der Waals surface area (Å²) in [6.45, 7) is 11.7. The van der Waals surface area contributed by atoms with Crippen molar-refractivity contribution in [3.8, 4) is 0 Å². The predicted molar refractivity (Wildman–Crippen MR) is 300 cm³/mol. The summed E-state index contributed by atoms with van der Waals surface area (Å²) in [4.78, 5) is 25.0. The quantitative estimate of drug-likeness (QED) is 0.0381. The molecule has 22 unspecified atom stereocenters. The summed E-state index contributed by atoms with van der Waals surface area (Å²) in [6.07, 6.45) is 21.1. The molecule has 13 nitrogen and oxygen atoms in total. The van der Waals surface area contributed by atoms with Crippen molar-refractivity contribution in [3.63, 3.8) is 0 Å². The Hall–Kier alpha value is -2.21. The van der Waals surface area contributed by atoms with E-state index in [4.69, 9.17) is 10.7 Å². The van der Waals surface area contributed by atoms with Gasteiger partial charge >= 0.3 is 0 Å². The first-order chi connectivity index (χ1) is 36.3. The highest BCUT2D eigenvalue weighted by Gasteiger charge is 2.75. The molecule has 1 spiro atoms. The molecule has 6 bridgehead atoms. The first-order valence-corrected chi connectivity index (χ1v) is 32.4. The molecule has 0 radical (unpaired) electrons. The van der Waals surface area contributed by atoms with Crippen molar-refractivity contribution < 1.29 is 35.4 Å². The van der Waals surface area contributed by atoms with Crippen LogP contribution in [-0.4, -0.2) is 120 Å². The number of aliphatic hydroxyl groups is 6. The summed E-state index contributed by atoms with van der Waals surface area (Å²) in [7, 11) is 5.55. The maximum atomic E-state index is 15.4. The number of guanidine groups is 1. The van der Waals surface area contributed by atoms with Gasteiger partial charge in [0.1, 0.15) is 6.23 Å². The number of ketones is 1. The van der Waals surface area contributed by atoms with Gasteiger partial charge in [-0.3, -0.25) is 9.79 Å². The predicted octanol–water partition coefficient (Wildman–Crippen LogP) is 7.73. The molecule has 1 saturated heterocycles.